The Bertz CT molecular complexity index is 457. The summed E-state index contributed by atoms with van der Waals surface area (Å²) in [5.74, 6) is 2.05. The number of hydrogen-bond donors (Lipinski definition) is 1. The molecule has 0 aliphatic heterocycles. The highest BCUT2D eigenvalue weighted by molar-refractivity contribution is 14.0. The number of aliphatic imine (C=N–C) groups is 1. The van der Waals surface area contributed by atoms with Gasteiger partial charge in [-0.05, 0) is 42.9 Å². The van der Waals surface area contributed by atoms with Gasteiger partial charge in [-0.25, -0.2) is 0 Å². The third-order valence-corrected chi connectivity index (χ3v) is 3.98. The predicted octanol–water partition coefficient (Wildman–Crippen LogP) is 3.22. The van der Waals surface area contributed by atoms with Crippen molar-refractivity contribution in [1.82, 2.24) is 4.90 Å². The fourth-order valence-electron chi connectivity index (χ4n) is 2.23. The molecular formula is C16H26IN3O. The lowest BCUT2D eigenvalue weighted by Crippen LogP contribution is -2.35. The maximum absolute atomic E-state index is 5.98. The quantitative estimate of drug-likeness (QED) is 0.451. The van der Waals surface area contributed by atoms with Gasteiger partial charge in [-0.2, -0.15) is 0 Å². The monoisotopic (exact) mass is 403 g/mol. The van der Waals surface area contributed by atoms with Crippen molar-refractivity contribution in [2.45, 2.75) is 38.1 Å². The van der Waals surface area contributed by atoms with Crippen molar-refractivity contribution < 1.29 is 4.74 Å². The number of benzene rings is 1. The molecule has 1 atom stereocenters. The number of guanidine groups is 1. The second-order valence-electron chi connectivity index (χ2n) is 5.54. The third-order valence-electron chi connectivity index (χ3n) is 3.98. The molecule has 2 rings (SSSR count). The van der Waals surface area contributed by atoms with E-state index in [4.69, 9.17) is 10.5 Å². The second-order valence-corrected chi connectivity index (χ2v) is 5.54. The van der Waals surface area contributed by atoms with Gasteiger partial charge >= 0.3 is 0 Å². The summed E-state index contributed by atoms with van der Waals surface area (Å²) in [5, 5.41) is 0. The first-order valence-electron chi connectivity index (χ1n) is 7.28. The van der Waals surface area contributed by atoms with Gasteiger partial charge in [0, 0.05) is 19.6 Å². The van der Waals surface area contributed by atoms with Gasteiger partial charge in [-0.1, -0.05) is 19.1 Å². The largest absolute Gasteiger partial charge is 0.497 e. The fourth-order valence-corrected chi connectivity index (χ4v) is 2.23. The van der Waals surface area contributed by atoms with Crippen LogP contribution in [0, 0.1) is 0 Å². The average molecular weight is 403 g/mol. The molecule has 1 fully saturated rings. The molecule has 0 amide bonds. The number of nitrogens with zero attached hydrogens (tertiary/aromatic N) is 2. The molecule has 5 heteroatoms. The summed E-state index contributed by atoms with van der Waals surface area (Å²) in [5.41, 5.74) is 7.30. The fraction of sp³-hybridized carbons (Fsp3) is 0.562. The Balaban J connectivity index is 0.00000220. The van der Waals surface area contributed by atoms with E-state index in [1.54, 1.807) is 7.11 Å². The first-order valence-corrected chi connectivity index (χ1v) is 7.28. The van der Waals surface area contributed by atoms with Gasteiger partial charge in [0.1, 0.15) is 5.75 Å². The first kappa shape index (κ1) is 18.1. The van der Waals surface area contributed by atoms with E-state index in [1.807, 2.05) is 19.2 Å². The van der Waals surface area contributed by atoms with E-state index in [9.17, 15) is 0 Å². The summed E-state index contributed by atoms with van der Waals surface area (Å²) >= 11 is 0. The number of nitrogens with two attached hydrogens (primary N) is 1. The molecule has 0 heterocycles. The number of ether oxygens (including phenoxy) is 1. The number of hydrogen-bond acceptors (Lipinski definition) is 2. The van der Waals surface area contributed by atoms with Crippen LogP contribution in [-0.4, -0.2) is 37.6 Å². The van der Waals surface area contributed by atoms with Crippen molar-refractivity contribution in [1.29, 1.82) is 0 Å². The van der Waals surface area contributed by atoms with Crippen LogP contribution in [0.1, 0.15) is 37.7 Å². The smallest absolute Gasteiger partial charge is 0.191 e. The molecule has 1 saturated carbocycles. The average Bonchev–Trinajstić information content (AvgIpc) is 3.31. The molecule has 4 nitrogen and oxygen atoms in total. The highest BCUT2D eigenvalue weighted by atomic mass is 127. The van der Waals surface area contributed by atoms with Gasteiger partial charge in [0.15, 0.2) is 5.96 Å². The molecule has 118 valence electrons. The van der Waals surface area contributed by atoms with E-state index in [0.29, 0.717) is 17.9 Å². The highest BCUT2D eigenvalue weighted by Gasteiger charge is 2.27. The minimum atomic E-state index is 0. The number of rotatable bonds is 6. The van der Waals surface area contributed by atoms with Crippen molar-refractivity contribution >= 4 is 29.9 Å². The van der Waals surface area contributed by atoms with Gasteiger partial charge < -0.3 is 15.4 Å². The summed E-state index contributed by atoms with van der Waals surface area (Å²) < 4.78 is 5.17. The van der Waals surface area contributed by atoms with Crippen LogP contribution in [0.4, 0.5) is 0 Å². The van der Waals surface area contributed by atoms with Crippen LogP contribution in [-0.2, 0) is 0 Å². The van der Waals surface area contributed by atoms with Crippen molar-refractivity contribution in [3.63, 3.8) is 0 Å². The molecule has 0 radical (unpaired) electrons. The van der Waals surface area contributed by atoms with E-state index in [2.05, 4.69) is 28.9 Å². The molecule has 2 N–H and O–H groups in total. The summed E-state index contributed by atoms with van der Waals surface area (Å²) in [6, 6.07) is 8.87. The summed E-state index contributed by atoms with van der Waals surface area (Å²) in [4.78, 5) is 6.58. The molecule has 0 aromatic heterocycles. The summed E-state index contributed by atoms with van der Waals surface area (Å²) in [7, 11) is 3.72. The maximum Gasteiger partial charge on any atom is 0.191 e. The van der Waals surface area contributed by atoms with Gasteiger partial charge in [0.25, 0.3) is 0 Å². The first-order chi connectivity index (χ1) is 9.61. The lowest BCUT2D eigenvalue weighted by Gasteiger charge is -2.17. The Hall–Kier alpha value is -0.980. The Labute approximate surface area is 144 Å². The third kappa shape index (κ3) is 5.37. The molecule has 1 aliphatic carbocycles. The lowest BCUT2D eigenvalue weighted by molar-refractivity contribution is 0.414. The molecule has 0 saturated heterocycles. The zero-order valence-electron chi connectivity index (χ0n) is 13.1. The molecule has 1 aliphatic rings. The Morgan fingerprint density at radius 3 is 2.52 bits per heavy atom. The van der Waals surface area contributed by atoms with Gasteiger partial charge in [-0.3, -0.25) is 4.99 Å². The van der Waals surface area contributed by atoms with Crippen molar-refractivity contribution in [3.8, 4) is 5.75 Å². The molecule has 0 spiro atoms. The van der Waals surface area contributed by atoms with Crippen molar-refractivity contribution in [3.05, 3.63) is 29.8 Å². The normalized spacial score (nSPS) is 16.0. The zero-order valence-corrected chi connectivity index (χ0v) is 15.4. The standard InChI is InChI=1S/C16H25N3O.HI/c1-12(13-4-8-15(20-3)9-5-13)10-11-18-16(17)19(2)14-6-7-14;/h4-5,8-9,12,14H,6-7,10-11H2,1-3H3,(H2,17,18);1H. The molecule has 1 aromatic carbocycles. The minimum absolute atomic E-state index is 0. The maximum atomic E-state index is 5.98. The van der Waals surface area contributed by atoms with Gasteiger partial charge in [0.2, 0.25) is 0 Å². The van der Waals surface area contributed by atoms with Crippen LogP contribution >= 0.6 is 24.0 Å². The predicted molar refractivity (Wildman–Crippen MR) is 98.7 cm³/mol. The molecule has 1 aromatic rings. The van der Waals surface area contributed by atoms with E-state index in [1.165, 1.54) is 18.4 Å². The van der Waals surface area contributed by atoms with E-state index in [0.717, 1.165) is 18.7 Å². The van der Waals surface area contributed by atoms with Crippen LogP contribution in [0.25, 0.3) is 0 Å². The van der Waals surface area contributed by atoms with Crippen molar-refractivity contribution in [2.75, 3.05) is 20.7 Å². The molecule has 0 bridgehead atoms. The van der Waals surface area contributed by atoms with Crippen LogP contribution in [0.3, 0.4) is 0 Å². The molecule has 1 unspecified atom stereocenters. The summed E-state index contributed by atoms with van der Waals surface area (Å²) in [6.07, 6.45) is 3.50. The topological polar surface area (TPSA) is 50.9 Å². The minimum Gasteiger partial charge on any atom is -0.497 e. The van der Waals surface area contributed by atoms with Crippen LogP contribution in [0.2, 0.25) is 0 Å². The van der Waals surface area contributed by atoms with Crippen LogP contribution in [0.5, 0.6) is 5.75 Å². The lowest BCUT2D eigenvalue weighted by atomic mass is 9.98. The summed E-state index contributed by atoms with van der Waals surface area (Å²) in [6.45, 7) is 2.99. The van der Waals surface area contributed by atoms with E-state index in [-0.39, 0.29) is 24.0 Å². The molecule has 21 heavy (non-hydrogen) atoms. The molecular weight excluding hydrogens is 377 g/mol. The number of halogens is 1. The Morgan fingerprint density at radius 2 is 2.00 bits per heavy atom. The zero-order chi connectivity index (χ0) is 14.5. The SMILES string of the molecule is COc1ccc(C(C)CCN=C(N)N(C)C2CC2)cc1.I. The second kappa shape index (κ2) is 8.46. The highest BCUT2D eigenvalue weighted by Crippen LogP contribution is 2.25. The number of methoxy groups -OCH3 is 1. The van der Waals surface area contributed by atoms with Crippen LogP contribution < -0.4 is 10.5 Å². The van der Waals surface area contributed by atoms with Gasteiger partial charge in [-0.15, -0.1) is 24.0 Å². The van der Waals surface area contributed by atoms with Crippen LogP contribution in [0.15, 0.2) is 29.3 Å². The van der Waals surface area contributed by atoms with E-state index >= 15 is 0 Å². The van der Waals surface area contributed by atoms with Crippen molar-refractivity contribution in [2.24, 2.45) is 10.7 Å². The Kier molecular flexibility index (Phi) is 7.28. The van der Waals surface area contributed by atoms with E-state index < -0.39 is 0 Å². The van der Waals surface area contributed by atoms with Gasteiger partial charge in [0.05, 0.1) is 7.11 Å². The Morgan fingerprint density at radius 1 is 1.38 bits per heavy atom.